The molecule has 60 valence electrons. The zero-order valence-electron chi connectivity index (χ0n) is 7.00. The van der Waals surface area contributed by atoms with Crippen molar-refractivity contribution in [3.05, 3.63) is 29.6 Å². The van der Waals surface area contributed by atoms with E-state index in [4.69, 9.17) is 4.74 Å². The number of hydrogen-bond donors (Lipinski definition) is 0. The van der Waals surface area contributed by atoms with Crippen LogP contribution in [0.25, 0.3) is 0 Å². The maximum absolute atomic E-state index is 5.21. The highest BCUT2D eigenvalue weighted by Gasteiger charge is 1.92. The molecule has 2 heteroatoms. The Bertz CT molecular complexity index is 223. The van der Waals surface area contributed by atoms with Gasteiger partial charge in [-0.15, -0.1) is 0 Å². The van der Waals surface area contributed by atoms with Gasteiger partial charge < -0.3 is 4.74 Å². The van der Waals surface area contributed by atoms with Gasteiger partial charge in [-0.05, 0) is 26.0 Å². The summed E-state index contributed by atoms with van der Waals surface area (Å²) in [7, 11) is 0. The lowest BCUT2D eigenvalue weighted by molar-refractivity contribution is 0.131. The predicted molar refractivity (Wildman–Crippen MR) is 44.3 cm³/mol. The van der Waals surface area contributed by atoms with Crippen molar-refractivity contribution in [3.8, 4) is 0 Å². The normalized spacial score (nSPS) is 10.0. The van der Waals surface area contributed by atoms with Gasteiger partial charge in [0.2, 0.25) is 0 Å². The van der Waals surface area contributed by atoms with Crippen molar-refractivity contribution < 1.29 is 4.74 Å². The molecule has 0 atom stereocenters. The van der Waals surface area contributed by atoms with Crippen molar-refractivity contribution in [2.45, 2.75) is 20.5 Å². The van der Waals surface area contributed by atoms with E-state index in [0.717, 1.165) is 18.0 Å². The molecular formula is C9H13NO. The molecule has 11 heavy (non-hydrogen) atoms. The van der Waals surface area contributed by atoms with Gasteiger partial charge in [0, 0.05) is 12.3 Å². The average Bonchev–Trinajstić information content (AvgIpc) is 2.01. The third-order valence-electron chi connectivity index (χ3n) is 1.40. The van der Waals surface area contributed by atoms with Gasteiger partial charge in [0.1, 0.15) is 0 Å². The van der Waals surface area contributed by atoms with Gasteiger partial charge in [-0.3, -0.25) is 4.98 Å². The Balaban J connectivity index is 2.56. The van der Waals surface area contributed by atoms with Crippen LogP contribution < -0.4 is 0 Å². The number of rotatable bonds is 3. The lowest BCUT2D eigenvalue weighted by atomic mass is 10.3. The Kier molecular flexibility index (Phi) is 3.05. The molecule has 0 saturated heterocycles. The topological polar surface area (TPSA) is 22.1 Å². The molecule has 1 heterocycles. The van der Waals surface area contributed by atoms with E-state index in [1.165, 1.54) is 0 Å². The van der Waals surface area contributed by atoms with Gasteiger partial charge in [-0.25, -0.2) is 0 Å². The van der Waals surface area contributed by atoms with Crippen LogP contribution in [0.4, 0.5) is 0 Å². The largest absolute Gasteiger partial charge is 0.375 e. The molecular weight excluding hydrogens is 138 g/mol. The van der Waals surface area contributed by atoms with E-state index in [1.54, 1.807) is 0 Å². The summed E-state index contributed by atoms with van der Waals surface area (Å²) in [6.07, 6.45) is 0. The summed E-state index contributed by atoms with van der Waals surface area (Å²) in [5.74, 6) is 0. The summed E-state index contributed by atoms with van der Waals surface area (Å²) in [4.78, 5) is 4.29. The second kappa shape index (κ2) is 4.09. The van der Waals surface area contributed by atoms with Gasteiger partial charge in [0.05, 0.1) is 12.3 Å². The number of pyridine rings is 1. The third-order valence-corrected chi connectivity index (χ3v) is 1.40. The van der Waals surface area contributed by atoms with Crippen molar-refractivity contribution in [3.63, 3.8) is 0 Å². The lowest BCUT2D eigenvalue weighted by Gasteiger charge is -2.00. The Morgan fingerprint density at radius 2 is 2.27 bits per heavy atom. The van der Waals surface area contributed by atoms with Crippen molar-refractivity contribution in [2.75, 3.05) is 6.61 Å². The van der Waals surface area contributed by atoms with E-state index < -0.39 is 0 Å². The van der Waals surface area contributed by atoms with E-state index >= 15 is 0 Å². The van der Waals surface area contributed by atoms with Crippen LogP contribution in [0.2, 0.25) is 0 Å². The van der Waals surface area contributed by atoms with Gasteiger partial charge >= 0.3 is 0 Å². The van der Waals surface area contributed by atoms with E-state index in [2.05, 4.69) is 4.98 Å². The minimum Gasteiger partial charge on any atom is -0.375 e. The molecule has 1 aromatic rings. The summed E-state index contributed by atoms with van der Waals surface area (Å²) >= 11 is 0. The number of aromatic nitrogens is 1. The Labute approximate surface area is 67.2 Å². The molecule has 0 bridgehead atoms. The van der Waals surface area contributed by atoms with Crippen LogP contribution in [0, 0.1) is 6.92 Å². The first-order valence-corrected chi connectivity index (χ1v) is 3.83. The molecule has 0 aliphatic rings. The second-order valence-electron chi connectivity index (χ2n) is 2.41. The van der Waals surface area contributed by atoms with E-state index in [9.17, 15) is 0 Å². The fraction of sp³-hybridized carbons (Fsp3) is 0.444. The summed E-state index contributed by atoms with van der Waals surface area (Å²) < 4.78 is 5.21. The van der Waals surface area contributed by atoms with Crippen LogP contribution in [0.1, 0.15) is 18.3 Å². The van der Waals surface area contributed by atoms with Gasteiger partial charge in [0.25, 0.3) is 0 Å². The number of ether oxygens (including phenoxy) is 1. The second-order valence-corrected chi connectivity index (χ2v) is 2.41. The first-order chi connectivity index (χ1) is 5.33. The molecule has 0 radical (unpaired) electrons. The number of nitrogens with zero attached hydrogens (tertiary/aromatic N) is 1. The number of aryl methyl sites for hydroxylation is 1. The molecule has 0 spiro atoms. The maximum Gasteiger partial charge on any atom is 0.0887 e. The molecule has 0 N–H and O–H groups in total. The molecule has 0 fully saturated rings. The molecule has 0 unspecified atom stereocenters. The summed E-state index contributed by atoms with van der Waals surface area (Å²) in [5.41, 5.74) is 2.05. The summed E-state index contributed by atoms with van der Waals surface area (Å²) in [5, 5.41) is 0. The van der Waals surface area contributed by atoms with Gasteiger partial charge in [-0.1, -0.05) is 6.07 Å². The highest BCUT2D eigenvalue weighted by molar-refractivity contribution is 5.08. The highest BCUT2D eigenvalue weighted by Crippen LogP contribution is 1.99. The quantitative estimate of drug-likeness (QED) is 0.658. The molecule has 2 nitrogen and oxygen atoms in total. The van der Waals surface area contributed by atoms with Gasteiger partial charge in [-0.2, -0.15) is 0 Å². The standard InChI is InChI=1S/C9H13NO/c1-3-11-7-9-6-4-5-8(2)10-9/h4-6H,3,7H2,1-2H3. The molecule has 1 rings (SSSR count). The SMILES string of the molecule is CCOCc1cccc(C)n1. The van der Waals surface area contributed by atoms with Crippen LogP contribution in [0.15, 0.2) is 18.2 Å². The molecule has 0 aromatic carbocycles. The third kappa shape index (κ3) is 2.68. The van der Waals surface area contributed by atoms with Gasteiger partial charge in [0.15, 0.2) is 0 Å². The first kappa shape index (κ1) is 8.21. The number of hydrogen-bond acceptors (Lipinski definition) is 2. The molecule has 0 amide bonds. The molecule has 0 aliphatic heterocycles. The fourth-order valence-electron chi connectivity index (χ4n) is 0.887. The van der Waals surface area contributed by atoms with Crippen molar-refractivity contribution in [1.82, 2.24) is 4.98 Å². The van der Waals surface area contributed by atoms with Crippen molar-refractivity contribution in [2.24, 2.45) is 0 Å². The summed E-state index contributed by atoms with van der Waals surface area (Å²) in [6.45, 7) is 5.33. The van der Waals surface area contributed by atoms with Crippen LogP contribution in [-0.4, -0.2) is 11.6 Å². The smallest absolute Gasteiger partial charge is 0.0887 e. The lowest BCUT2D eigenvalue weighted by Crippen LogP contribution is -1.95. The van der Waals surface area contributed by atoms with E-state index in [-0.39, 0.29) is 0 Å². The zero-order chi connectivity index (χ0) is 8.10. The van der Waals surface area contributed by atoms with Crippen LogP contribution in [-0.2, 0) is 11.3 Å². The highest BCUT2D eigenvalue weighted by atomic mass is 16.5. The molecule has 1 aromatic heterocycles. The Morgan fingerprint density at radius 3 is 2.91 bits per heavy atom. The van der Waals surface area contributed by atoms with E-state index in [1.807, 2.05) is 32.0 Å². The minimum absolute atomic E-state index is 0.623. The minimum atomic E-state index is 0.623. The average molecular weight is 151 g/mol. The molecule has 0 saturated carbocycles. The zero-order valence-corrected chi connectivity index (χ0v) is 7.00. The van der Waals surface area contributed by atoms with Crippen LogP contribution >= 0.6 is 0 Å². The van der Waals surface area contributed by atoms with Crippen molar-refractivity contribution in [1.29, 1.82) is 0 Å². The first-order valence-electron chi connectivity index (χ1n) is 3.83. The molecule has 0 aliphatic carbocycles. The monoisotopic (exact) mass is 151 g/mol. The van der Waals surface area contributed by atoms with Crippen molar-refractivity contribution >= 4 is 0 Å². The van der Waals surface area contributed by atoms with Crippen LogP contribution in [0.5, 0.6) is 0 Å². The predicted octanol–water partition coefficient (Wildman–Crippen LogP) is 1.93. The fourth-order valence-corrected chi connectivity index (χ4v) is 0.887. The Morgan fingerprint density at radius 1 is 1.45 bits per heavy atom. The van der Waals surface area contributed by atoms with E-state index in [0.29, 0.717) is 6.61 Å². The van der Waals surface area contributed by atoms with Crippen LogP contribution in [0.3, 0.4) is 0 Å². The summed E-state index contributed by atoms with van der Waals surface area (Å²) in [6, 6.07) is 5.95. The Hall–Kier alpha value is -0.890. The maximum atomic E-state index is 5.21.